The third-order valence-electron chi connectivity index (χ3n) is 5.00. The van der Waals surface area contributed by atoms with Crippen LogP contribution in [0.1, 0.15) is 11.7 Å². The van der Waals surface area contributed by atoms with Gasteiger partial charge in [0.2, 0.25) is 5.16 Å². The number of nitrogens with zero attached hydrogens (tertiary/aromatic N) is 3. The van der Waals surface area contributed by atoms with Gasteiger partial charge >= 0.3 is 11.3 Å². The van der Waals surface area contributed by atoms with E-state index in [2.05, 4.69) is 43.0 Å². The second-order valence-corrected chi connectivity index (χ2v) is 8.88. The van der Waals surface area contributed by atoms with Gasteiger partial charge in [0.15, 0.2) is 0 Å². The molecule has 2 aromatic heterocycles. The highest BCUT2D eigenvalue weighted by Gasteiger charge is 2.39. The van der Waals surface area contributed by atoms with Crippen LogP contribution in [0, 0.1) is 0 Å². The third-order valence-corrected chi connectivity index (χ3v) is 6.35. The molecule has 5 rings (SSSR count). The molecule has 3 N–H and O–H groups in total. The molecule has 0 bridgehead atoms. The quantitative estimate of drug-likeness (QED) is 0.221. The van der Waals surface area contributed by atoms with Crippen molar-refractivity contribution in [2.75, 3.05) is 11.1 Å². The van der Waals surface area contributed by atoms with Gasteiger partial charge in [-0.2, -0.15) is 5.10 Å². The van der Waals surface area contributed by atoms with Crippen molar-refractivity contribution >= 4 is 33.4 Å². The van der Waals surface area contributed by atoms with Crippen molar-refractivity contribution in [3.8, 4) is 22.5 Å². The Kier molecular flexibility index (Phi) is 5.21. The first kappa shape index (κ1) is 19.8. The highest BCUT2D eigenvalue weighted by Crippen LogP contribution is 2.36. The van der Waals surface area contributed by atoms with Gasteiger partial charge in [0.25, 0.3) is 6.17 Å². The summed E-state index contributed by atoms with van der Waals surface area (Å²) in [7, 11) is 0. The molecule has 9 heteroatoms. The van der Waals surface area contributed by atoms with Crippen molar-refractivity contribution in [1.29, 1.82) is 0 Å². The lowest BCUT2D eigenvalue weighted by atomic mass is 10.0. The number of nitrogens with one attached hydrogen (secondary N) is 3. The Balaban J connectivity index is 1.72. The molecular formula is C22H18BrN6OS+. The predicted octanol–water partition coefficient (Wildman–Crippen LogP) is 4.13. The predicted molar refractivity (Wildman–Crippen MR) is 125 cm³/mol. The summed E-state index contributed by atoms with van der Waals surface area (Å²) in [5.74, 6) is 0.642. The molecule has 0 fully saturated rings. The number of halogens is 1. The maximum absolute atomic E-state index is 13.2. The van der Waals surface area contributed by atoms with E-state index in [9.17, 15) is 4.79 Å². The van der Waals surface area contributed by atoms with Crippen molar-refractivity contribution in [2.24, 2.45) is 0 Å². The van der Waals surface area contributed by atoms with Crippen LogP contribution in [0.25, 0.3) is 22.5 Å². The molecule has 2 aromatic carbocycles. The summed E-state index contributed by atoms with van der Waals surface area (Å²) in [4.78, 5) is 16.1. The molecule has 4 aromatic rings. The summed E-state index contributed by atoms with van der Waals surface area (Å²) in [5.41, 5.74) is 4.70. The van der Waals surface area contributed by atoms with Crippen LogP contribution in [-0.4, -0.2) is 26.0 Å². The summed E-state index contributed by atoms with van der Waals surface area (Å²) >= 11 is 4.94. The molecule has 0 amide bonds. The highest BCUT2D eigenvalue weighted by atomic mass is 79.9. The lowest BCUT2D eigenvalue weighted by Crippen LogP contribution is -2.55. The molecule has 7 nitrogen and oxygen atoms in total. The average Bonchev–Trinajstić information content (AvgIpc) is 3.27. The molecular weight excluding hydrogens is 476 g/mol. The maximum Gasteiger partial charge on any atom is 0.325 e. The Morgan fingerprint density at radius 1 is 1.23 bits per heavy atom. The SMILES string of the molecule is C=CCSc1n[n+]2c(c(=O)[nH]1)-c1cc(Br)ccc1N[C@@H]2c1cn[nH]c1-c1ccccc1. The first-order chi connectivity index (χ1) is 15.2. The summed E-state index contributed by atoms with van der Waals surface area (Å²) in [6, 6.07) is 15.8. The smallest absolute Gasteiger partial charge is 0.321 e. The molecule has 154 valence electrons. The zero-order chi connectivity index (χ0) is 21.4. The molecule has 31 heavy (non-hydrogen) atoms. The van der Waals surface area contributed by atoms with E-state index < -0.39 is 6.17 Å². The minimum atomic E-state index is -0.414. The molecule has 0 spiro atoms. The normalized spacial score (nSPS) is 14.4. The van der Waals surface area contributed by atoms with Gasteiger partial charge in [-0.15, -0.1) is 6.58 Å². The van der Waals surface area contributed by atoms with Crippen LogP contribution in [0.5, 0.6) is 0 Å². The van der Waals surface area contributed by atoms with Crippen LogP contribution in [0.2, 0.25) is 0 Å². The largest absolute Gasteiger partial charge is 0.325 e. The number of thioether (sulfide) groups is 1. The average molecular weight is 494 g/mol. The van der Waals surface area contributed by atoms with Crippen molar-refractivity contribution in [3.05, 3.63) is 87.8 Å². The van der Waals surface area contributed by atoms with Crippen molar-refractivity contribution in [2.45, 2.75) is 11.3 Å². The van der Waals surface area contributed by atoms with E-state index in [0.717, 1.165) is 32.5 Å². The zero-order valence-electron chi connectivity index (χ0n) is 16.3. The molecule has 0 aliphatic carbocycles. The fourth-order valence-electron chi connectivity index (χ4n) is 3.66. The van der Waals surface area contributed by atoms with E-state index in [4.69, 9.17) is 5.10 Å². The molecule has 0 saturated heterocycles. The molecule has 0 unspecified atom stereocenters. The van der Waals surface area contributed by atoms with Crippen LogP contribution in [0.3, 0.4) is 0 Å². The number of benzene rings is 2. The van der Waals surface area contributed by atoms with Crippen LogP contribution in [0.4, 0.5) is 5.69 Å². The van der Waals surface area contributed by atoms with E-state index in [1.54, 1.807) is 17.0 Å². The first-order valence-corrected chi connectivity index (χ1v) is 11.4. The van der Waals surface area contributed by atoms with Gasteiger partial charge < -0.3 is 5.32 Å². The molecule has 1 aliphatic heterocycles. The molecule has 0 radical (unpaired) electrons. The summed E-state index contributed by atoms with van der Waals surface area (Å²) in [6.45, 7) is 3.75. The van der Waals surface area contributed by atoms with Gasteiger partial charge in [-0.05, 0) is 22.9 Å². The second-order valence-electron chi connectivity index (χ2n) is 6.96. The fourth-order valence-corrected chi connectivity index (χ4v) is 4.61. The highest BCUT2D eigenvalue weighted by molar-refractivity contribution is 9.10. The van der Waals surface area contributed by atoms with Gasteiger partial charge in [-0.1, -0.05) is 64.1 Å². The Morgan fingerprint density at radius 3 is 2.87 bits per heavy atom. The van der Waals surface area contributed by atoms with Crippen LogP contribution < -0.4 is 15.6 Å². The van der Waals surface area contributed by atoms with Crippen LogP contribution >= 0.6 is 27.7 Å². The number of hydrogen-bond donors (Lipinski definition) is 3. The van der Waals surface area contributed by atoms with E-state index in [0.29, 0.717) is 16.6 Å². The second kappa shape index (κ2) is 8.16. The standard InChI is InChI=1S/C22H17BrN6OS/c1-2-10-31-22-26-21(30)19-15-11-14(23)8-9-17(15)25-20(29(19)28-22)16-12-24-27-18(16)13-6-4-3-5-7-13/h2-9,11-12,20H,1,10H2,(H2,24,26,27,28,30)/p+1/t20-/m0/s1. The molecule has 3 heterocycles. The Labute approximate surface area is 190 Å². The third kappa shape index (κ3) is 3.60. The number of rotatable bonds is 5. The molecule has 0 saturated carbocycles. The molecule has 1 aliphatic rings. The van der Waals surface area contributed by atoms with E-state index in [1.165, 1.54) is 11.8 Å². The Bertz CT molecular complexity index is 1330. The van der Waals surface area contributed by atoms with E-state index in [-0.39, 0.29) is 5.56 Å². The van der Waals surface area contributed by atoms with E-state index in [1.807, 2.05) is 48.5 Å². The lowest BCUT2D eigenvalue weighted by molar-refractivity contribution is -0.759. The van der Waals surface area contributed by atoms with Crippen LogP contribution in [0.15, 0.2) is 81.8 Å². The fraction of sp³-hybridized carbons (Fsp3) is 0.0909. The van der Waals surface area contributed by atoms with Gasteiger partial charge in [0.1, 0.15) is 0 Å². The number of aromatic amines is 2. The van der Waals surface area contributed by atoms with Gasteiger partial charge in [-0.3, -0.25) is 14.9 Å². The zero-order valence-corrected chi connectivity index (χ0v) is 18.7. The number of aromatic nitrogens is 5. The van der Waals surface area contributed by atoms with E-state index >= 15 is 0 Å². The number of H-pyrrole nitrogens is 2. The summed E-state index contributed by atoms with van der Waals surface area (Å²) < 4.78 is 2.63. The van der Waals surface area contributed by atoms with Gasteiger partial charge in [0, 0.05) is 20.9 Å². The lowest BCUT2D eigenvalue weighted by Gasteiger charge is -2.22. The Hall–Kier alpha value is -3.17. The number of hydrogen-bond acceptors (Lipinski definition) is 5. The monoisotopic (exact) mass is 493 g/mol. The minimum Gasteiger partial charge on any atom is -0.321 e. The Morgan fingerprint density at radius 2 is 2.06 bits per heavy atom. The van der Waals surface area contributed by atoms with Gasteiger partial charge in [-0.25, -0.2) is 0 Å². The minimum absolute atomic E-state index is 0.197. The first-order valence-electron chi connectivity index (χ1n) is 9.60. The topological polar surface area (TPSA) is 90.3 Å². The maximum atomic E-state index is 13.2. The van der Waals surface area contributed by atoms with Crippen LogP contribution in [-0.2, 0) is 0 Å². The summed E-state index contributed by atoms with van der Waals surface area (Å²) in [6.07, 6.45) is 3.14. The van der Waals surface area contributed by atoms with Crippen molar-refractivity contribution in [3.63, 3.8) is 0 Å². The number of fused-ring (bicyclic) bond motifs is 3. The number of anilines is 1. The van der Waals surface area contributed by atoms with Gasteiger partial charge in [0.05, 0.1) is 28.7 Å². The van der Waals surface area contributed by atoms with Crippen molar-refractivity contribution < 1.29 is 4.68 Å². The van der Waals surface area contributed by atoms with Crippen molar-refractivity contribution in [1.82, 2.24) is 20.3 Å². The molecule has 1 atom stereocenters. The summed E-state index contributed by atoms with van der Waals surface area (Å²) in [5, 5.41) is 16.2.